The Morgan fingerprint density at radius 2 is 1.80 bits per heavy atom. The van der Waals surface area contributed by atoms with E-state index in [1.165, 1.54) is 0 Å². The molecule has 1 amide bonds. The monoisotopic (exact) mass is 616 g/mol. The van der Waals surface area contributed by atoms with Crippen LogP contribution in [-0.4, -0.2) is 92.0 Å². The fourth-order valence-electron chi connectivity index (χ4n) is 6.05. The molecule has 1 aromatic heterocycles. The molecule has 45 heavy (non-hydrogen) atoms. The third kappa shape index (κ3) is 6.54. The number of benzene rings is 3. The highest BCUT2D eigenvalue weighted by atomic mass is 16.6. The van der Waals surface area contributed by atoms with Gasteiger partial charge in [-0.15, -0.1) is 0 Å². The zero-order valence-electron chi connectivity index (χ0n) is 25.1. The number of likely N-dealkylation sites (tertiary alicyclic amines) is 1. The van der Waals surface area contributed by atoms with E-state index in [0.717, 1.165) is 42.6 Å². The van der Waals surface area contributed by atoms with Gasteiger partial charge in [-0.25, -0.2) is 4.98 Å². The van der Waals surface area contributed by atoms with Gasteiger partial charge < -0.3 is 40.1 Å². The molecular weight excluding hydrogens is 576 g/mol. The number of hydrogen-bond donors (Lipinski definition) is 5. The van der Waals surface area contributed by atoms with E-state index in [1.807, 2.05) is 71.6 Å². The number of carbonyl (C=O) groups is 1. The average molecular weight is 617 g/mol. The zero-order chi connectivity index (χ0) is 31.3. The van der Waals surface area contributed by atoms with Crippen molar-refractivity contribution >= 4 is 22.9 Å². The van der Waals surface area contributed by atoms with E-state index in [9.17, 15) is 25.2 Å². The van der Waals surface area contributed by atoms with Gasteiger partial charge in [0.05, 0.1) is 24.2 Å². The highest BCUT2D eigenvalue weighted by Gasteiger charge is 2.44. The van der Waals surface area contributed by atoms with E-state index in [1.54, 1.807) is 4.57 Å². The second-order valence-corrected chi connectivity index (χ2v) is 11.6. The van der Waals surface area contributed by atoms with Crippen LogP contribution in [0.15, 0.2) is 66.7 Å². The maximum absolute atomic E-state index is 13.1. The molecule has 238 valence electrons. The first-order chi connectivity index (χ1) is 22.0. The maximum atomic E-state index is 13.1. The summed E-state index contributed by atoms with van der Waals surface area (Å²) in [7, 11) is 0. The predicted octanol–water partition coefficient (Wildman–Crippen LogP) is 3.31. The number of anilines is 1. The van der Waals surface area contributed by atoms with Crippen LogP contribution in [0.4, 0.5) is 5.95 Å². The molecule has 2 fully saturated rings. The quantitative estimate of drug-likeness (QED) is 0.151. The van der Waals surface area contributed by atoms with Gasteiger partial charge in [0, 0.05) is 37.4 Å². The van der Waals surface area contributed by atoms with Crippen molar-refractivity contribution in [3.05, 3.63) is 77.9 Å². The first-order valence-electron chi connectivity index (χ1n) is 15.6. The van der Waals surface area contributed by atoms with E-state index in [4.69, 9.17) is 14.5 Å². The van der Waals surface area contributed by atoms with Gasteiger partial charge in [0.1, 0.15) is 24.1 Å². The summed E-state index contributed by atoms with van der Waals surface area (Å²) in [5, 5.41) is 43.5. The van der Waals surface area contributed by atoms with Gasteiger partial charge >= 0.3 is 0 Å². The predicted molar refractivity (Wildman–Crippen MR) is 169 cm³/mol. The Morgan fingerprint density at radius 1 is 0.978 bits per heavy atom. The summed E-state index contributed by atoms with van der Waals surface area (Å²) in [6.45, 7) is 2.03. The number of imidazole rings is 1. The lowest BCUT2D eigenvalue weighted by Gasteiger charge is -2.20. The smallest absolute Gasteiger partial charge is 0.253 e. The molecule has 4 atom stereocenters. The molecule has 2 aliphatic heterocycles. The number of nitrogens with one attached hydrogen (secondary N) is 1. The number of para-hydroxylation sites is 2. The Labute approximate surface area is 261 Å². The molecule has 11 heteroatoms. The third-order valence-electron chi connectivity index (χ3n) is 8.49. The topological polar surface area (TPSA) is 150 Å². The van der Waals surface area contributed by atoms with Crippen molar-refractivity contribution in [1.29, 1.82) is 0 Å². The first kappa shape index (κ1) is 31.0. The second kappa shape index (κ2) is 14.0. The fourth-order valence-corrected chi connectivity index (χ4v) is 6.05. The summed E-state index contributed by atoms with van der Waals surface area (Å²) in [6.07, 6.45) is -0.974. The number of aromatic nitrogens is 2. The number of unbranched alkanes of at least 4 members (excludes halogenated alkanes) is 1. The Kier molecular flexibility index (Phi) is 9.62. The number of nitrogens with zero attached hydrogens (tertiary/aromatic N) is 3. The van der Waals surface area contributed by atoms with Gasteiger partial charge in [0.25, 0.3) is 5.91 Å². The summed E-state index contributed by atoms with van der Waals surface area (Å²) in [6, 6.07) is 21.0. The van der Waals surface area contributed by atoms with E-state index in [0.29, 0.717) is 54.3 Å². The Bertz CT molecular complexity index is 1620. The van der Waals surface area contributed by atoms with Crippen LogP contribution in [0, 0.1) is 0 Å². The molecule has 3 heterocycles. The van der Waals surface area contributed by atoms with Gasteiger partial charge in [0.15, 0.2) is 6.23 Å². The summed E-state index contributed by atoms with van der Waals surface area (Å²) in [5.41, 5.74) is 4.68. The molecule has 0 bridgehead atoms. The molecule has 2 aliphatic rings. The van der Waals surface area contributed by atoms with Crippen LogP contribution in [0.2, 0.25) is 0 Å². The van der Waals surface area contributed by atoms with Crippen molar-refractivity contribution < 1.29 is 34.7 Å². The number of aliphatic hydroxyl groups is 4. The minimum atomic E-state index is -1.26. The van der Waals surface area contributed by atoms with Crippen molar-refractivity contribution in [2.45, 2.75) is 56.8 Å². The molecule has 6 rings (SSSR count). The minimum absolute atomic E-state index is 0.0395. The van der Waals surface area contributed by atoms with Crippen LogP contribution in [-0.2, 0) is 11.3 Å². The molecule has 0 radical (unpaired) electrons. The molecule has 0 saturated carbocycles. The standard InChI is InChI=1S/C34H40N4O7/c39-16-5-6-17-44-28-18-22(12-13-25(28)23-8-7-9-24(19-23)32(43)37-14-3-4-15-37)20-35-34-36-26-10-1-2-11-27(26)38(34)33-31(42)30(41)29(21-40)45-33/h1-2,7-13,18-19,29-31,33,39-42H,3-6,14-17,20-21H2,(H,35,36)/t29-,30-,31-,33-/m1/s1. The molecular formula is C34H40N4O7. The SMILES string of the molecule is O=C(c1cccc(-c2ccc(CNc3nc4ccccc4n3[C@@H]3O[C@H](CO)[C@@H](O)[C@H]3O)cc2OCCCCO)c1)N1CCCC1. The highest BCUT2D eigenvalue weighted by Crippen LogP contribution is 2.36. The van der Waals surface area contributed by atoms with Gasteiger partial charge in [-0.1, -0.05) is 36.4 Å². The molecule has 0 aliphatic carbocycles. The lowest BCUT2D eigenvalue weighted by Crippen LogP contribution is -2.33. The van der Waals surface area contributed by atoms with E-state index in [2.05, 4.69) is 5.32 Å². The van der Waals surface area contributed by atoms with E-state index >= 15 is 0 Å². The van der Waals surface area contributed by atoms with Gasteiger partial charge in [-0.3, -0.25) is 9.36 Å². The van der Waals surface area contributed by atoms with Crippen LogP contribution >= 0.6 is 0 Å². The molecule has 2 saturated heterocycles. The Hall–Kier alpha value is -4.00. The number of aliphatic hydroxyl groups excluding tert-OH is 4. The Balaban J connectivity index is 1.27. The normalized spacial score (nSPS) is 21.5. The van der Waals surface area contributed by atoms with Crippen LogP contribution in [0.25, 0.3) is 22.2 Å². The molecule has 5 N–H and O–H groups in total. The van der Waals surface area contributed by atoms with Crippen LogP contribution in [0.3, 0.4) is 0 Å². The number of amides is 1. The van der Waals surface area contributed by atoms with Crippen LogP contribution in [0.1, 0.15) is 47.8 Å². The highest BCUT2D eigenvalue weighted by molar-refractivity contribution is 5.96. The largest absolute Gasteiger partial charge is 0.493 e. The van der Waals surface area contributed by atoms with Gasteiger partial charge in [-0.05, 0) is 67.1 Å². The molecule has 0 spiro atoms. The molecule has 11 nitrogen and oxygen atoms in total. The number of carbonyl (C=O) groups excluding carboxylic acids is 1. The average Bonchev–Trinajstić information content (AvgIpc) is 3.80. The molecule has 0 unspecified atom stereocenters. The van der Waals surface area contributed by atoms with E-state index in [-0.39, 0.29) is 12.5 Å². The minimum Gasteiger partial charge on any atom is -0.493 e. The number of rotatable bonds is 12. The lowest BCUT2D eigenvalue weighted by atomic mass is 10.00. The lowest BCUT2D eigenvalue weighted by molar-refractivity contribution is -0.0499. The van der Waals surface area contributed by atoms with Crippen molar-refractivity contribution in [1.82, 2.24) is 14.5 Å². The van der Waals surface area contributed by atoms with Crippen LogP contribution < -0.4 is 10.1 Å². The number of hydrogen-bond acceptors (Lipinski definition) is 9. The van der Waals surface area contributed by atoms with Crippen molar-refractivity contribution in [3.63, 3.8) is 0 Å². The Morgan fingerprint density at radius 3 is 2.58 bits per heavy atom. The van der Waals surface area contributed by atoms with Gasteiger partial charge in [0.2, 0.25) is 5.95 Å². The third-order valence-corrected chi connectivity index (χ3v) is 8.49. The summed E-state index contributed by atoms with van der Waals surface area (Å²) in [4.78, 5) is 19.7. The molecule has 3 aromatic carbocycles. The molecule has 4 aromatic rings. The van der Waals surface area contributed by atoms with E-state index < -0.39 is 31.1 Å². The second-order valence-electron chi connectivity index (χ2n) is 11.6. The van der Waals surface area contributed by atoms with Gasteiger partial charge in [-0.2, -0.15) is 0 Å². The number of fused-ring (bicyclic) bond motifs is 1. The number of ether oxygens (including phenoxy) is 2. The van der Waals surface area contributed by atoms with Crippen LogP contribution in [0.5, 0.6) is 5.75 Å². The fraction of sp³-hybridized carbons (Fsp3) is 0.412. The van der Waals surface area contributed by atoms with Crippen molar-refractivity contribution in [2.75, 3.05) is 38.2 Å². The van der Waals surface area contributed by atoms with Crippen molar-refractivity contribution in [2.24, 2.45) is 0 Å². The summed E-state index contributed by atoms with van der Waals surface area (Å²) >= 11 is 0. The summed E-state index contributed by atoms with van der Waals surface area (Å²) in [5.74, 6) is 1.14. The van der Waals surface area contributed by atoms with Crippen molar-refractivity contribution in [3.8, 4) is 16.9 Å². The summed E-state index contributed by atoms with van der Waals surface area (Å²) < 4.78 is 13.8. The zero-order valence-corrected chi connectivity index (χ0v) is 25.1. The maximum Gasteiger partial charge on any atom is 0.253 e. The first-order valence-corrected chi connectivity index (χ1v) is 15.6.